The Kier molecular flexibility index (Phi) is 3.47. The Hall–Kier alpha value is -0.760. The molecule has 80 valence electrons. The highest BCUT2D eigenvalue weighted by molar-refractivity contribution is 8.00. The van der Waals surface area contributed by atoms with Crippen molar-refractivity contribution in [3.05, 3.63) is 35.4 Å². The molecule has 1 atom stereocenters. The van der Waals surface area contributed by atoms with E-state index in [9.17, 15) is 4.79 Å². The third kappa shape index (κ3) is 2.85. The summed E-state index contributed by atoms with van der Waals surface area (Å²) in [5.74, 6) is 1.56. The zero-order valence-electron chi connectivity index (χ0n) is 9.03. The molecular formula is C13H16OS. The Morgan fingerprint density at radius 2 is 2.40 bits per heavy atom. The van der Waals surface area contributed by atoms with Crippen LogP contribution in [0, 0.1) is 6.92 Å². The molecule has 0 bridgehead atoms. The van der Waals surface area contributed by atoms with Gasteiger partial charge in [-0.1, -0.05) is 29.8 Å². The van der Waals surface area contributed by atoms with Gasteiger partial charge in [-0.2, -0.15) is 11.8 Å². The predicted octanol–water partition coefficient (Wildman–Crippen LogP) is 3.00. The van der Waals surface area contributed by atoms with Crippen LogP contribution in [0.2, 0.25) is 0 Å². The SMILES string of the molecule is Cc1cccc(CC(=O)C2CCCS2)c1. The van der Waals surface area contributed by atoms with Crippen molar-refractivity contribution in [1.82, 2.24) is 0 Å². The van der Waals surface area contributed by atoms with Gasteiger partial charge in [-0.05, 0) is 31.1 Å². The number of Topliss-reactive ketones (excluding diaryl/α,β-unsaturated/α-hetero) is 1. The molecule has 0 radical (unpaired) electrons. The van der Waals surface area contributed by atoms with E-state index in [1.807, 2.05) is 23.9 Å². The number of hydrogen-bond acceptors (Lipinski definition) is 2. The van der Waals surface area contributed by atoms with Crippen LogP contribution >= 0.6 is 11.8 Å². The maximum absolute atomic E-state index is 11.9. The molecule has 15 heavy (non-hydrogen) atoms. The summed E-state index contributed by atoms with van der Waals surface area (Å²) in [5.41, 5.74) is 2.40. The highest BCUT2D eigenvalue weighted by atomic mass is 32.2. The van der Waals surface area contributed by atoms with Crippen molar-refractivity contribution in [3.8, 4) is 0 Å². The molecule has 1 nitrogen and oxygen atoms in total. The number of carbonyl (C=O) groups is 1. The summed E-state index contributed by atoms with van der Waals surface area (Å²) in [6.07, 6.45) is 2.89. The van der Waals surface area contributed by atoms with Crippen LogP contribution in [0.4, 0.5) is 0 Å². The van der Waals surface area contributed by atoms with E-state index in [1.54, 1.807) is 0 Å². The first-order valence-corrected chi connectivity index (χ1v) is 6.50. The second-order valence-electron chi connectivity index (χ2n) is 4.13. The van der Waals surface area contributed by atoms with Crippen molar-refractivity contribution >= 4 is 17.5 Å². The molecule has 1 aliphatic rings. The second-order valence-corrected chi connectivity index (χ2v) is 5.44. The highest BCUT2D eigenvalue weighted by Crippen LogP contribution is 2.27. The fourth-order valence-electron chi connectivity index (χ4n) is 1.97. The largest absolute Gasteiger partial charge is 0.298 e. The molecule has 1 aromatic rings. The highest BCUT2D eigenvalue weighted by Gasteiger charge is 2.22. The Labute approximate surface area is 95.3 Å². The van der Waals surface area contributed by atoms with Crippen LogP contribution < -0.4 is 0 Å². The number of thioether (sulfide) groups is 1. The van der Waals surface area contributed by atoms with Crippen molar-refractivity contribution in [3.63, 3.8) is 0 Å². The predicted molar refractivity (Wildman–Crippen MR) is 65.4 cm³/mol. The van der Waals surface area contributed by atoms with Crippen molar-refractivity contribution < 1.29 is 4.79 Å². The van der Waals surface area contributed by atoms with Crippen molar-refractivity contribution in [2.75, 3.05) is 5.75 Å². The molecule has 1 fully saturated rings. The maximum atomic E-state index is 11.9. The summed E-state index contributed by atoms with van der Waals surface area (Å²) >= 11 is 1.82. The van der Waals surface area contributed by atoms with Gasteiger partial charge in [-0.3, -0.25) is 4.79 Å². The van der Waals surface area contributed by atoms with Crippen molar-refractivity contribution in [1.29, 1.82) is 0 Å². The molecule has 1 aromatic carbocycles. The molecule has 1 aliphatic heterocycles. The van der Waals surface area contributed by atoms with E-state index in [1.165, 1.54) is 12.0 Å². The summed E-state index contributed by atoms with van der Waals surface area (Å²) in [6.45, 7) is 2.07. The first-order valence-electron chi connectivity index (χ1n) is 5.45. The molecule has 0 spiro atoms. The van der Waals surface area contributed by atoms with Gasteiger partial charge in [-0.25, -0.2) is 0 Å². The lowest BCUT2D eigenvalue weighted by Gasteiger charge is -2.07. The van der Waals surface area contributed by atoms with Gasteiger partial charge in [0.25, 0.3) is 0 Å². The smallest absolute Gasteiger partial charge is 0.150 e. The van der Waals surface area contributed by atoms with Crippen LogP contribution in [0.1, 0.15) is 24.0 Å². The first kappa shape index (κ1) is 10.7. The number of rotatable bonds is 3. The number of ketones is 1. The molecular weight excluding hydrogens is 204 g/mol. The van der Waals surface area contributed by atoms with Gasteiger partial charge in [0.1, 0.15) is 5.78 Å². The molecule has 0 N–H and O–H groups in total. The minimum Gasteiger partial charge on any atom is -0.298 e. The molecule has 0 aromatic heterocycles. The van der Waals surface area contributed by atoms with E-state index in [0.717, 1.165) is 17.7 Å². The maximum Gasteiger partial charge on any atom is 0.150 e. The van der Waals surface area contributed by atoms with Gasteiger partial charge >= 0.3 is 0 Å². The van der Waals surface area contributed by atoms with Crippen LogP contribution in [-0.2, 0) is 11.2 Å². The van der Waals surface area contributed by atoms with E-state index in [0.29, 0.717) is 12.2 Å². The van der Waals surface area contributed by atoms with Crippen LogP contribution in [0.5, 0.6) is 0 Å². The fourth-order valence-corrected chi connectivity index (χ4v) is 3.19. The normalized spacial score (nSPS) is 20.5. The molecule has 0 amide bonds. The fraction of sp³-hybridized carbons (Fsp3) is 0.462. The van der Waals surface area contributed by atoms with Crippen LogP contribution in [0.15, 0.2) is 24.3 Å². The second kappa shape index (κ2) is 4.84. The quantitative estimate of drug-likeness (QED) is 0.779. The molecule has 2 rings (SSSR count). The monoisotopic (exact) mass is 220 g/mol. The lowest BCUT2D eigenvalue weighted by atomic mass is 10.0. The third-order valence-corrected chi connectivity index (χ3v) is 4.17. The van der Waals surface area contributed by atoms with E-state index in [2.05, 4.69) is 19.1 Å². The van der Waals surface area contributed by atoms with E-state index in [4.69, 9.17) is 0 Å². The minimum atomic E-state index is 0.269. The average molecular weight is 220 g/mol. The Morgan fingerprint density at radius 1 is 1.53 bits per heavy atom. The van der Waals surface area contributed by atoms with Crippen LogP contribution in [0.3, 0.4) is 0 Å². The lowest BCUT2D eigenvalue weighted by molar-refractivity contribution is -0.117. The molecule has 1 saturated heterocycles. The van der Waals surface area contributed by atoms with Crippen molar-refractivity contribution in [2.24, 2.45) is 0 Å². The standard InChI is InChI=1S/C13H16OS/c1-10-4-2-5-11(8-10)9-12(14)13-6-3-7-15-13/h2,4-5,8,13H,3,6-7,9H2,1H3. The average Bonchev–Trinajstić information content (AvgIpc) is 2.70. The summed E-state index contributed by atoms with van der Waals surface area (Å²) in [4.78, 5) is 11.9. The number of benzene rings is 1. The van der Waals surface area contributed by atoms with Gasteiger partial charge < -0.3 is 0 Å². The topological polar surface area (TPSA) is 17.1 Å². The zero-order chi connectivity index (χ0) is 10.7. The van der Waals surface area contributed by atoms with Crippen LogP contribution in [-0.4, -0.2) is 16.8 Å². The van der Waals surface area contributed by atoms with Crippen LogP contribution in [0.25, 0.3) is 0 Å². The van der Waals surface area contributed by atoms with Gasteiger partial charge in [0.15, 0.2) is 0 Å². The van der Waals surface area contributed by atoms with Gasteiger partial charge in [0, 0.05) is 6.42 Å². The molecule has 0 saturated carbocycles. The summed E-state index contributed by atoms with van der Waals surface area (Å²) < 4.78 is 0. The molecule has 1 heterocycles. The Balaban J connectivity index is 1.99. The van der Waals surface area contributed by atoms with Gasteiger partial charge in [-0.15, -0.1) is 0 Å². The summed E-state index contributed by atoms with van der Waals surface area (Å²) in [6, 6.07) is 8.25. The summed E-state index contributed by atoms with van der Waals surface area (Å²) in [7, 11) is 0. The number of carbonyl (C=O) groups excluding carboxylic acids is 1. The van der Waals surface area contributed by atoms with E-state index >= 15 is 0 Å². The Morgan fingerprint density at radius 3 is 3.07 bits per heavy atom. The molecule has 0 aliphatic carbocycles. The lowest BCUT2D eigenvalue weighted by Crippen LogP contribution is -2.16. The van der Waals surface area contributed by atoms with Gasteiger partial charge in [0.05, 0.1) is 5.25 Å². The minimum absolute atomic E-state index is 0.269. The third-order valence-electron chi connectivity index (χ3n) is 2.75. The van der Waals surface area contributed by atoms with Crippen molar-refractivity contribution in [2.45, 2.75) is 31.4 Å². The van der Waals surface area contributed by atoms with Gasteiger partial charge in [0.2, 0.25) is 0 Å². The number of aryl methyl sites for hydroxylation is 1. The van der Waals surface area contributed by atoms with E-state index < -0.39 is 0 Å². The number of hydrogen-bond donors (Lipinski definition) is 0. The summed E-state index contributed by atoms with van der Waals surface area (Å²) in [5, 5.41) is 0.269. The molecule has 2 heteroatoms. The zero-order valence-corrected chi connectivity index (χ0v) is 9.85. The first-order chi connectivity index (χ1) is 7.25. The molecule has 1 unspecified atom stereocenters. The Bertz CT molecular complexity index is 353. The van der Waals surface area contributed by atoms with E-state index in [-0.39, 0.29) is 5.25 Å².